The van der Waals surface area contributed by atoms with Crippen LogP contribution in [0.1, 0.15) is 10.4 Å². The highest BCUT2D eigenvalue weighted by Crippen LogP contribution is 2.28. The van der Waals surface area contributed by atoms with Gasteiger partial charge in [0.2, 0.25) is 5.95 Å². The summed E-state index contributed by atoms with van der Waals surface area (Å²) in [6.45, 7) is 0. The molecular weight excluding hydrogens is 364 g/mol. The lowest BCUT2D eigenvalue weighted by atomic mass is 10.0. The maximum absolute atomic E-state index is 14.4. The summed E-state index contributed by atoms with van der Waals surface area (Å²) in [6, 6.07) is 16.0. The predicted molar refractivity (Wildman–Crippen MR) is 101 cm³/mol. The van der Waals surface area contributed by atoms with Gasteiger partial charge >= 0.3 is 0 Å². The maximum Gasteiger partial charge on any atom is 0.257 e. The van der Waals surface area contributed by atoms with Crippen LogP contribution in [0, 0.1) is 11.8 Å². The van der Waals surface area contributed by atoms with E-state index in [0.717, 1.165) is 6.07 Å². The molecule has 2 aromatic carbocycles. The van der Waals surface area contributed by atoms with Gasteiger partial charge in [0.15, 0.2) is 0 Å². The minimum atomic E-state index is -0.729. The van der Waals surface area contributed by atoms with Crippen molar-refractivity contribution in [2.45, 2.75) is 0 Å². The number of nitrogens with zero attached hydrogens (tertiary/aromatic N) is 2. The second-order valence-corrected chi connectivity index (χ2v) is 6.04. The third kappa shape index (κ3) is 3.37. The van der Waals surface area contributed by atoms with Gasteiger partial charge in [0.05, 0.1) is 11.3 Å². The molecule has 0 aliphatic heterocycles. The number of amides is 1. The summed E-state index contributed by atoms with van der Waals surface area (Å²) in [7, 11) is 0. The van der Waals surface area contributed by atoms with E-state index in [1.54, 1.807) is 18.2 Å². The number of aromatic nitrogens is 2. The molecule has 2 aromatic heterocycles. The van der Waals surface area contributed by atoms with Crippen molar-refractivity contribution < 1.29 is 18.7 Å². The quantitative estimate of drug-likeness (QED) is 0.514. The summed E-state index contributed by atoms with van der Waals surface area (Å²) in [6.07, 6.45) is 0. The van der Waals surface area contributed by atoms with Gasteiger partial charge in [-0.05, 0) is 48.5 Å². The largest absolute Gasteiger partial charge is 0.508 e. The van der Waals surface area contributed by atoms with Gasteiger partial charge in [0, 0.05) is 10.9 Å². The molecule has 0 bridgehead atoms. The maximum atomic E-state index is 14.4. The molecule has 28 heavy (non-hydrogen) atoms. The van der Waals surface area contributed by atoms with Crippen molar-refractivity contribution in [2.24, 2.45) is 0 Å². The number of aromatic hydroxyl groups is 1. The van der Waals surface area contributed by atoms with Gasteiger partial charge < -0.3 is 10.4 Å². The van der Waals surface area contributed by atoms with E-state index in [-0.39, 0.29) is 22.6 Å². The Labute approximate surface area is 158 Å². The lowest BCUT2D eigenvalue weighted by Crippen LogP contribution is -2.14. The lowest BCUT2D eigenvalue weighted by molar-refractivity contribution is 0.102. The first-order chi connectivity index (χ1) is 13.5. The van der Waals surface area contributed by atoms with E-state index in [1.165, 1.54) is 42.5 Å². The smallest absolute Gasteiger partial charge is 0.257 e. The van der Waals surface area contributed by atoms with Crippen molar-refractivity contribution in [1.29, 1.82) is 0 Å². The normalized spacial score (nSPS) is 10.8. The number of hydrogen-bond acceptors (Lipinski definition) is 4. The zero-order valence-electron chi connectivity index (χ0n) is 14.4. The van der Waals surface area contributed by atoms with Crippen molar-refractivity contribution in [2.75, 3.05) is 5.32 Å². The number of carbonyl (C=O) groups excluding carboxylic acids is 1. The van der Waals surface area contributed by atoms with Crippen LogP contribution in [0.2, 0.25) is 0 Å². The Morgan fingerprint density at radius 2 is 1.68 bits per heavy atom. The Balaban J connectivity index is 1.85. The standard InChI is InChI=1S/C21H13F2N3O2/c22-16-4-1-3-14-15(21(28)26-19-6-2-5-18(23)25-19)11-17(24-20(14)16)12-7-9-13(27)10-8-12/h1-11,27H,(H,25,26,28). The number of phenols is 1. The Bertz CT molecular complexity index is 1190. The molecule has 0 saturated heterocycles. The molecule has 4 aromatic rings. The number of para-hydroxylation sites is 1. The average molecular weight is 377 g/mol. The van der Waals surface area contributed by atoms with Gasteiger partial charge in [-0.15, -0.1) is 0 Å². The highest BCUT2D eigenvalue weighted by Gasteiger charge is 2.17. The summed E-state index contributed by atoms with van der Waals surface area (Å²) >= 11 is 0. The number of phenolic OH excluding ortho intramolecular Hbond substituents is 1. The van der Waals surface area contributed by atoms with E-state index in [2.05, 4.69) is 15.3 Å². The van der Waals surface area contributed by atoms with Crippen LogP contribution in [0.15, 0.2) is 66.7 Å². The summed E-state index contributed by atoms with van der Waals surface area (Å²) < 4.78 is 27.7. The van der Waals surface area contributed by atoms with Crippen LogP contribution in [0.5, 0.6) is 5.75 Å². The van der Waals surface area contributed by atoms with Gasteiger partial charge in [-0.1, -0.05) is 18.2 Å². The molecule has 5 nitrogen and oxygen atoms in total. The molecule has 2 heterocycles. The van der Waals surface area contributed by atoms with Crippen molar-refractivity contribution in [3.8, 4) is 17.0 Å². The highest BCUT2D eigenvalue weighted by atomic mass is 19.1. The second kappa shape index (κ2) is 7.03. The Morgan fingerprint density at radius 1 is 0.929 bits per heavy atom. The van der Waals surface area contributed by atoms with Crippen molar-refractivity contribution >= 4 is 22.6 Å². The first kappa shape index (κ1) is 17.5. The fourth-order valence-corrected chi connectivity index (χ4v) is 2.84. The van der Waals surface area contributed by atoms with E-state index in [9.17, 15) is 18.7 Å². The van der Waals surface area contributed by atoms with Crippen LogP contribution in [-0.2, 0) is 0 Å². The third-order valence-corrected chi connectivity index (χ3v) is 4.15. The number of benzene rings is 2. The Morgan fingerprint density at radius 3 is 2.43 bits per heavy atom. The number of pyridine rings is 2. The van der Waals surface area contributed by atoms with Gasteiger partial charge in [0.1, 0.15) is 22.9 Å². The fourth-order valence-electron chi connectivity index (χ4n) is 2.84. The van der Waals surface area contributed by atoms with Crippen LogP contribution < -0.4 is 5.32 Å². The first-order valence-corrected chi connectivity index (χ1v) is 8.34. The molecule has 1 amide bonds. The Kier molecular flexibility index (Phi) is 4.41. The van der Waals surface area contributed by atoms with Crippen molar-refractivity contribution in [3.05, 3.63) is 84.1 Å². The van der Waals surface area contributed by atoms with Crippen LogP contribution in [0.4, 0.5) is 14.6 Å². The van der Waals surface area contributed by atoms with E-state index in [1.807, 2.05) is 0 Å². The molecule has 138 valence electrons. The number of fused-ring (bicyclic) bond motifs is 1. The van der Waals surface area contributed by atoms with Gasteiger partial charge in [-0.25, -0.2) is 14.4 Å². The lowest BCUT2D eigenvalue weighted by Gasteiger charge is -2.11. The van der Waals surface area contributed by atoms with Crippen LogP contribution >= 0.6 is 0 Å². The molecule has 0 aliphatic rings. The number of nitrogens with one attached hydrogen (secondary N) is 1. The molecule has 0 aliphatic carbocycles. The SMILES string of the molecule is O=C(Nc1cccc(F)n1)c1cc(-c2ccc(O)cc2)nc2c(F)cccc12. The molecule has 7 heteroatoms. The summed E-state index contributed by atoms with van der Waals surface area (Å²) in [5, 5.41) is 12.3. The third-order valence-electron chi connectivity index (χ3n) is 4.15. The van der Waals surface area contributed by atoms with E-state index in [4.69, 9.17) is 0 Å². The molecule has 0 atom stereocenters. The molecule has 0 radical (unpaired) electrons. The van der Waals surface area contributed by atoms with Gasteiger partial charge in [0.25, 0.3) is 5.91 Å². The van der Waals surface area contributed by atoms with Crippen molar-refractivity contribution in [1.82, 2.24) is 9.97 Å². The molecule has 0 saturated carbocycles. The predicted octanol–water partition coefficient (Wildman–Crippen LogP) is 4.53. The monoisotopic (exact) mass is 377 g/mol. The summed E-state index contributed by atoms with van der Waals surface area (Å²) in [4.78, 5) is 20.8. The van der Waals surface area contributed by atoms with Crippen molar-refractivity contribution in [3.63, 3.8) is 0 Å². The Hall–Kier alpha value is -3.87. The summed E-state index contributed by atoms with van der Waals surface area (Å²) in [5.41, 5.74) is 1.15. The first-order valence-electron chi connectivity index (χ1n) is 8.34. The fraction of sp³-hybridized carbons (Fsp3) is 0. The van der Waals surface area contributed by atoms with Gasteiger partial charge in [-0.3, -0.25) is 4.79 Å². The number of halogens is 2. The zero-order chi connectivity index (χ0) is 19.7. The topological polar surface area (TPSA) is 75.1 Å². The van der Waals surface area contributed by atoms with Gasteiger partial charge in [-0.2, -0.15) is 4.39 Å². The number of anilines is 1. The minimum Gasteiger partial charge on any atom is -0.508 e. The van der Waals surface area contributed by atoms with Crippen LogP contribution in [0.25, 0.3) is 22.2 Å². The molecule has 0 fully saturated rings. The zero-order valence-corrected chi connectivity index (χ0v) is 14.4. The summed E-state index contributed by atoms with van der Waals surface area (Å²) in [5.74, 6) is -1.76. The van der Waals surface area contributed by atoms with E-state index in [0.29, 0.717) is 16.6 Å². The minimum absolute atomic E-state index is 0.0328. The van der Waals surface area contributed by atoms with E-state index < -0.39 is 17.7 Å². The van der Waals surface area contributed by atoms with Crippen LogP contribution in [0.3, 0.4) is 0 Å². The number of rotatable bonds is 3. The molecule has 4 rings (SSSR count). The number of carbonyl (C=O) groups is 1. The highest BCUT2D eigenvalue weighted by molar-refractivity contribution is 6.12. The van der Waals surface area contributed by atoms with Crippen LogP contribution in [-0.4, -0.2) is 21.0 Å². The second-order valence-electron chi connectivity index (χ2n) is 6.04. The number of hydrogen-bond donors (Lipinski definition) is 2. The molecule has 0 unspecified atom stereocenters. The van der Waals surface area contributed by atoms with E-state index >= 15 is 0 Å². The average Bonchev–Trinajstić information content (AvgIpc) is 2.68. The molecule has 2 N–H and O–H groups in total. The molecular formula is C21H13F2N3O2. The molecule has 0 spiro atoms.